The summed E-state index contributed by atoms with van der Waals surface area (Å²) in [5, 5.41) is 2.80. The van der Waals surface area contributed by atoms with E-state index in [1.807, 2.05) is 25.1 Å². The molecule has 2 heterocycles. The van der Waals surface area contributed by atoms with Crippen molar-refractivity contribution in [3.63, 3.8) is 0 Å². The Morgan fingerprint density at radius 3 is 2.60 bits per heavy atom. The van der Waals surface area contributed by atoms with Crippen LogP contribution in [-0.2, 0) is 4.79 Å². The minimum atomic E-state index is -0.311. The monoisotopic (exact) mass is 342 g/mol. The number of halogens is 1. The maximum atomic E-state index is 13.6. The van der Waals surface area contributed by atoms with Crippen molar-refractivity contribution in [3.05, 3.63) is 54.0 Å². The first-order valence-corrected chi connectivity index (χ1v) is 8.51. The molecule has 0 unspecified atom stereocenters. The largest absolute Gasteiger partial charge is 0.354 e. The van der Waals surface area contributed by atoms with Gasteiger partial charge < -0.3 is 10.2 Å². The number of rotatable bonds is 4. The third-order valence-electron chi connectivity index (χ3n) is 4.65. The summed E-state index contributed by atoms with van der Waals surface area (Å²) in [5.74, 6) is 0.540. The number of hydrogen-bond acceptors (Lipinski definition) is 4. The SMILES string of the molecule is Cc1ccc(NC(=O)[C@@H](C)N2CCN(c3ccccn3)CC2)cc1F. The minimum absolute atomic E-state index is 0.116. The third kappa shape index (κ3) is 4.14. The van der Waals surface area contributed by atoms with E-state index in [-0.39, 0.29) is 17.8 Å². The summed E-state index contributed by atoms with van der Waals surface area (Å²) in [7, 11) is 0. The smallest absolute Gasteiger partial charge is 0.241 e. The summed E-state index contributed by atoms with van der Waals surface area (Å²) in [6, 6.07) is 10.4. The van der Waals surface area contributed by atoms with Gasteiger partial charge in [-0.1, -0.05) is 12.1 Å². The molecule has 1 aliphatic rings. The Morgan fingerprint density at radius 1 is 1.20 bits per heavy atom. The minimum Gasteiger partial charge on any atom is -0.354 e. The van der Waals surface area contributed by atoms with Crippen LogP contribution < -0.4 is 10.2 Å². The highest BCUT2D eigenvalue weighted by atomic mass is 19.1. The van der Waals surface area contributed by atoms with Gasteiger partial charge in [0.25, 0.3) is 0 Å². The van der Waals surface area contributed by atoms with E-state index in [4.69, 9.17) is 0 Å². The van der Waals surface area contributed by atoms with E-state index >= 15 is 0 Å². The zero-order valence-electron chi connectivity index (χ0n) is 14.6. The fraction of sp³-hybridized carbons (Fsp3) is 0.368. The number of carbonyl (C=O) groups is 1. The molecule has 3 rings (SSSR count). The molecule has 1 saturated heterocycles. The molecule has 6 heteroatoms. The van der Waals surface area contributed by atoms with Crippen LogP contribution in [0.1, 0.15) is 12.5 Å². The highest BCUT2D eigenvalue weighted by Crippen LogP contribution is 2.17. The van der Waals surface area contributed by atoms with E-state index in [1.54, 1.807) is 25.3 Å². The molecule has 0 bridgehead atoms. The number of pyridine rings is 1. The van der Waals surface area contributed by atoms with E-state index in [0.29, 0.717) is 11.3 Å². The van der Waals surface area contributed by atoms with E-state index < -0.39 is 0 Å². The van der Waals surface area contributed by atoms with Crippen LogP contribution in [0.3, 0.4) is 0 Å². The lowest BCUT2D eigenvalue weighted by Gasteiger charge is -2.37. The molecule has 1 aromatic heterocycles. The van der Waals surface area contributed by atoms with E-state index in [0.717, 1.165) is 32.0 Å². The number of hydrogen-bond donors (Lipinski definition) is 1. The molecule has 0 spiro atoms. The van der Waals surface area contributed by atoms with E-state index in [1.165, 1.54) is 6.07 Å². The van der Waals surface area contributed by atoms with Gasteiger partial charge in [0.05, 0.1) is 6.04 Å². The molecule has 1 fully saturated rings. The van der Waals surface area contributed by atoms with Crippen LogP contribution in [-0.4, -0.2) is 48.0 Å². The van der Waals surface area contributed by atoms with Crippen LogP contribution in [0.4, 0.5) is 15.9 Å². The van der Waals surface area contributed by atoms with Crippen LogP contribution in [0.15, 0.2) is 42.6 Å². The van der Waals surface area contributed by atoms with Crippen molar-refractivity contribution in [2.75, 3.05) is 36.4 Å². The zero-order chi connectivity index (χ0) is 17.8. The van der Waals surface area contributed by atoms with Crippen LogP contribution in [0.2, 0.25) is 0 Å². The lowest BCUT2D eigenvalue weighted by atomic mass is 10.2. The van der Waals surface area contributed by atoms with Crippen LogP contribution in [0, 0.1) is 12.7 Å². The number of carbonyl (C=O) groups excluding carboxylic acids is 1. The Balaban J connectivity index is 1.55. The fourth-order valence-electron chi connectivity index (χ4n) is 2.96. The summed E-state index contributed by atoms with van der Waals surface area (Å²) >= 11 is 0. The maximum absolute atomic E-state index is 13.6. The second-order valence-electron chi connectivity index (χ2n) is 6.34. The molecule has 5 nitrogen and oxygen atoms in total. The molecule has 0 aliphatic carbocycles. The van der Waals surface area contributed by atoms with Gasteiger partial charge in [-0.05, 0) is 43.7 Å². The van der Waals surface area contributed by atoms with Crippen molar-refractivity contribution in [2.24, 2.45) is 0 Å². The van der Waals surface area contributed by atoms with Gasteiger partial charge in [-0.15, -0.1) is 0 Å². The third-order valence-corrected chi connectivity index (χ3v) is 4.65. The second-order valence-corrected chi connectivity index (χ2v) is 6.34. The van der Waals surface area contributed by atoms with Crippen molar-refractivity contribution < 1.29 is 9.18 Å². The predicted octanol–water partition coefficient (Wildman–Crippen LogP) is 2.68. The molecule has 1 aromatic carbocycles. The second kappa shape index (κ2) is 7.61. The highest BCUT2D eigenvalue weighted by Gasteiger charge is 2.26. The molecule has 0 radical (unpaired) electrons. The molecule has 1 aliphatic heterocycles. The first kappa shape index (κ1) is 17.4. The van der Waals surface area contributed by atoms with Crippen molar-refractivity contribution in [1.82, 2.24) is 9.88 Å². The van der Waals surface area contributed by atoms with E-state index in [9.17, 15) is 9.18 Å². The van der Waals surface area contributed by atoms with Crippen molar-refractivity contribution >= 4 is 17.4 Å². The Bertz CT molecular complexity index is 729. The number of piperazine rings is 1. The van der Waals surface area contributed by atoms with Gasteiger partial charge in [0.2, 0.25) is 5.91 Å². The average molecular weight is 342 g/mol. The van der Waals surface area contributed by atoms with Crippen LogP contribution >= 0.6 is 0 Å². The van der Waals surface area contributed by atoms with Gasteiger partial charge in [0.15, 0.2) is 0 Å². The predicted molar refractivity (Wildman–Crippen MR) is 97.3 cm³/mol. The van der Waals surface area contributed by atoms with E-state index in [2.05, 4.69) is 20.1 Å². The van der Waals surface area contributed by atoms with Gasteiger partial charge in [0.1, 0.15) is 11.6 Å². The van der Waals surface area contributed by atoms with Crippen molar-refractivity contribution in [3.8, 4) is 0 Å². The molecule has 132 valence electrons. The molecule has 25 heavy (non-hydrogen) atoms. The van der Waals surface area contributed by atoms with Crippen molar-refractivity contribution in [2.45, 2.75) is 19.9 Å². The first-order valence-electron chi connectivity index (χ1n) is 8.51. The number of benzene rings is 1. The Kier molecular flexibility index (Phi) is 5.28. The molecule has 1 amide bonds. The van der Waals surface area contributed by atoms with Crippen molar-refractivity contribution in [1.29, 1.82) is 0 Å². The topological polar surface area (TPSA) is 48.5 Å². The Morgan fingerprint density at radius 2 is 1.96 bits per heavy atom. The van der Waals surface area contributed by atoms with Gasteiger partial charge in [-0.25, -0.2) is 9.37 Å². The Hall–Kier alpha value is -2.47. The number of anilines is 2. The molecule has 1 N–H and O–H groups in total. The Labute approximate surface area is 147 Å². The summed E-state index contributed by atoms with van der Waals surface area (Å²) in [4.78, 5) is 21.2. The van der Waals surface area contributed by atoms with Gasteiger partial charge in [-0.2, -0.15) is 0 Å². The highest BCUT2D eigenvalue weighted by molar-refractivity contribution is 5.94. The summed E-state index contributed by atoms with van der Waals surface area (Å²) in [6.07, 6.45) is 1.79. The molecular weight excluding hydrogens is 319 g/mol. The summed E-state index contributed by atoms with van der Waals surface area (Å²) in [6.45, 7) is 6.81. The standard InChI is InChI=1S/C19H23FN4O/c1-14-6-7-16(13-17(14)20)22-19(25)15(2)23-9-11-24(12-10-23)18-5-3-4-8-21-18/h3-8,13,15H,9-12H2,1-2H3,(H,22,25)/t15-/m1/s1. The molecule has 0 saturated carbocycles. The lowest BCUT2D eigenvalue weighted by molar-refractivity contribution is -0.120. The molecule has 1 atom stereocenters. The van der Waals surface area contributed by atoms with Gasteiger partial charge in [-0.3, -0.25) is 9.69 Å². The molecule has 2 aromatic rings. The van der Waals surface area contributed by atoms with Gasteiger partial charge in [0, 0.05) is 38.1 Å². The number of nitrogens with zero attached hydrogens (tertiary/aromatic N) is 3. The maximum Gasteiger partial charge on any atom is 0.241 e. The van der Waals surface area contributed by atoms with Gasteiger partial charge >= 0.3 is 0 Å². The number of nitrogens with one attached hydrogen (secondary N) is 1. The summed E-state index contributed by atoms with van der Waals surface area (Å²) < 4.78 is 13.6. The quantitative estimate of drug-likeness (QED) is 0.928. The first-order chi connectivity index (χ1) is 12.0. The van der Waals surface area contributed by atoms with Crippen LogP contribution in [0.25, 0.3) is 0 Å². The molecular formula is C19H23FN4O. The lowest BCUT2D eigenvalue weighted by Crippen LogP contribution is -2.53. The summed E-state index contributed by atoms with van der Waals surface area (Å²) in [5.41, 5.74) is 1.06. The normalized spacial score (nSPS) is 16.5. The number of amides is 1. The number of aromatic nitrogens is 1. The number of aryl methyl sites for hydroxylation is 1. The zero-order valence-corrected chi connectivity index (χ0v) is 14.6. The van der Waals surface area contributed by atoms with Crippen LogP contribution in [0.5, 0.6) is 0 Å². The average Bonchev–Trinajstić information content (AvgIpc) is 2.65. The fourth-order valence-corrected chi connectivity index (χ4v) is 2.96.